The molecule has 0 spiro atoms. The van der Waals surface area contributed by atoms with Crippen molar-refractivity contribution in [3.8, 4) is 11.8 Å². The van der Waals surface area contributed by atoms with Crippen LogP contribution in [0.3, 0.4) is 0 Å². The Kier molecular flexibility index (Phi) is 6.03. The zero-order valence-electron chi connectivity index (χ0n) is 15.4. The van der Waals surface area contributed by atoms with Crippen molar-refractivity contribution in [2.24, 2.45) is 7.05 Å². The molecule has 2 aromatic heterocycles. The smallest absolute Gasteiger partial charge is 0.304 e. The first-order chi connectivity index (χ1) is 13.0. The van der Waals surface area contributed by atoms with Gasteiger partial charge in [-0.2, -0.15) is 4.98 Å². The lowest BCUT2D eigenvalue weighted by Crippen LogP contribution is -2.44. The van der Waals surface area contributed by atoms with Crippen molar-refractivity contribution >= 4 is 34.8 Å². The Labute approximate surface area is 160 Å². The number of anilines is 1. The van der Waals surface area contributed by atoms with Gasteiger partial charge in [0.15, 0.2) is 16.3 Å². The quantitative estimate of drug-likeness (QED) is 0.407. The number of nitrogens with one attached hydrogen (secondary N) is 1. The van der Waals surface area contributed by atoms with Gasteiger partial charge in [0.2, 0.25) is 5.95 Å². The van der Waals surface area contributed by atoms with Crippen molar-refractivity contribution < 1.29 is 9.90 Å². The molecule has 1 saturated heterocycles. The number of imidazole rings is 1. The number of carboxylic acids is 1. The molecule has 1 aliphatic heterocycles. The molecule has 0 amide bonds. The van der Waals surface area contributed by atoms with Crippen LogP contribution in [0.2, 0.25) is 0 Å². The monoisotopic (exact) mass is 390 g/mol. The van der Waals surface area contributed by atoms with Gasteiger partial charge in [-0.15, -0.1) is 5.92 Å². The molecule has 27 heavy (non-hydrogen) atoms. The second-order valence-corrected chi connectivity index (χ2v) is 7.15. The van der Waals surface area contributed by atoms with Crippen LogP contribution in [0.1, 0.15) is 13.3 Å². The highest BCUT2D eigenvalue weighted by atomic mass is 32.2. The van der Waals surface area contributed by atoms with Crippen LogP contribution < -0.4 is 15.8 Å². The van der Waals surface area contributed by atoms with Crippen molar-refractivity contribution in [2.75, 3.05) is 36.8 Å². The minimum Gasteiger partial charge on any atom is -0.481 e. The highest BCUT2D eigenvalue weighted by Crippen LogP contribution is 2.22. The zero-order chi connectivity index (χ0) is 19.4. The Morgan fingerprint density at radius 1 is 1.33 bits per heavy atom. The van der Waals surface area contributed by atoms with Gasteiger partial charge in [-0.3, -0.25) is 18.7 Å². The number of rotatable bonds is 6. The summed E-state index contributed by atoms with van der Waals surface area (Å²) in [6.45, 7) is 5.42. The number of hydrogen-bond donors (Lipinski definition) is 2. The topological polar surface area (TPSA) is 105 Å². The van der Waals surface area contributed by atoms with Crippen molar-refractivity contribution in [1.29, 1.82) is 0 Å². The van der Waals surface area contributed by atoms with Crippen LogP contribution in [0.15, 0.2) is 9.95 Å². The van der Waals surface area contributed by atoms with E-state index in [1.54, 1.807) is 14.0 Å². The van der Waals surface area contributed by atoms with Crippen LogP contribution >= 0.6 is 11.8 Å². The van der Waals surface area contributed by atoms with E-state index in [9.17, 15) is 9.59 Å². The Hall–Kier alpha value is -2.51. The second kappa shape index (κ2) is 8.45. The molecule has 0 radical (unpaired) electrons. The average Bonchev–Trinajstić information content (AvgIpc) is 3.02. The molecule has 9 nitrogen and oxygen atoms in total. The lowest BCUT2D eigenvalue weighted by molar-refractivity contribution is -0.136. The lowest BCUT2D eigenvalue weighted by Gasteiger charge is -2.28. The van der Waals surface area contributed by atoms with E-state index in [4.69, 9.17) is 5.11 Å². The first-order valence-electron chi connectivity index (χ1n) is 8.70. The number of aromatic nitrogens is 4. The Morgan fingerprint density at radius 2 is 2.07 bits per heavy atom. The van der Waals surface area contributed by atoms with E-state index in [0.29, 0.717) is 34.6 Å². The van der Waals surface area contributed by atoms with Gasteiger partial charge in [0.25, 0.3) is 5.56 Å². The molecule has 3 rings (SSSR count). The van der Waals surface area contributed by atoms with E-state index in [1.165, 1.54) is 16.3 Å². The van der Waals surface area contributed by atoms with Crippen molar-refractivity contribution in [1.82, 2.24) is 24.4 Å². The third-order valence-corrected chi connectivity index (χ3v) is 5.32. The van der Waals surface area contributed by atoms with E-state index >= 15 is 0 Å². The second-order valence-electron chi connectivity index (χ2n) is 6.08. The average molecular weight is 390 g/mol. The van der Waals surface area contributed by atoms with Crippen molar-refractivity contribution in [3.63, 3.8) is 0 Å². The summed E-state index contributed by atoms with van der Waals surface area (Å²) in [5, 5.41) is 12.6. The first kappa shape index (κ1) is 19.3. The van der Waals surface area contributed by atoms with Gasteiger partial charge in [-0.25, -0.2) is 4.98 Å². The number of nitrogens with zero attached hydrogens (tertiary/aromatic N) is 5. The summed E-state index contributed by atoms with van der Waals surface area (Å²) >= 11 is 1.24. The number of aliphatic carboxylic acids is 1. The predicted molar refractivity (Wildman–Crippen MR) is 104 cm³/mol. The summed E-state index contributed by atoms with van der Waals surface area (Å²) in [6.07, 6.45) is 0.00509. The lowest BCUT2D eigenvalue weighted by atomic mass is 10.4. The Bertz CT molecular complexity index is 965. The van der Waals surface area contributed by atoms with Crippen LogP contribution in [0.25, 0.3) is 11.2 Å². The van der Waals surface area contributed by atoms with Gasteiger partial charge in [0.1, 0.15) is 0 Å². The maximum absolute atomic E-state index is 13.0. The van der Waals surface area contributed by atoms with Crippen LogP contribution in [0.5, 0.6) is 0 Å². The molecule has 0 saturated carbocycles. The van der Waals surface area contributed by atoms with Gasteiger partial charge < -0.3 is 15.3 Å². The van der Waals surface area contributed by atoms with E-state index in [0.717, 1.165) is 26.2 Å². The van der Waals surface area contributed by atoms with Gasteiger partial charge >= 0.3 is 5.97 Å². The molecule has 2 aromatic rings. The third-order valence-electron chi connectivity index (χ3n) is 4.29. The maximum Gasteiger partial charge on any atom is 0.304 e. The summed E-state index contributed by atoms with van der Waals surface area (Å²) in [6, 6.07) is 0. The summed E-state index contributed by atoms with van der Waals surface area (Å²) in [5.41, 5.74) is 0.600. The minimum atomic E-state index is -0.878. The maximum atomic E-state index is 13.0. The molecular weight excluding hydrogens is 368 g/mol. The minimum absolute atomic E-state index is 0.00509. The highest BCUT2D eigenvalue weighted by Gasteiger charge is 2.23. The molecule has 1 fully saturated rings. The Morgan fingerprint density at radius 3 is 2.74 bits per heavy atom. The van der Waals surface area contributed by atoms with Gasteiger partial charge in [-0.05, 0) is 6.92 Å². The molecule has 0 aromatic carbocycles. The molecule has 10 heteroatoms. The van der Waals surface area contributed by atoms with E-state index in [1.807, 2.05) is 4.57 Å². The molecule has 1 aliphatic rings. The number of piperazine rings is 1. The van der Waals surface area contributed by atoms with Crippen LogP contribution in [0.4, 0.5) is 5.95 Å². The fourth-order valence-corrected chi connectivity index (χ4v) is 3.79. The van der Waals surface area contributed by atoms with Crippen LogP contribution in [0, 0.1) is 11.8 Å². The molecule has 2 N–H and O–H groups in total. The fraction of sp³-hybridized carbons (Fsp3) is 0.529. The van der Waals surface area contributed by atoms with E-state index < -0.39 is 5.97 Å². The van der Waals surface area contributed by atoms with Gasteiger partial charge in [0, 0.05) is 39.0 Å². The fourth-order valence-electron chi connectivity index (χ4n) is 2.90. The zero-order valence-corrected chi connectivity index (χ0v) is 16.2. The van der Waals surface area contributed by atoms with Crippen molar-refractivity contribution in [2.45, 2.75) is 25.0 Å². The highest BCUT2D eigenvalue weighted by molar-refractivity contribution is 7.99. The number of fused-ring (bicyclic) bond motifs is 1. The molecule has 144 valence electrons. The third kappa shape index (κ3) is 4.09. The van der Waals surface area contributed by atoms with Crippen molar-refractivity contribution in [3.05, 3.63) is 10.4 Å². The summed E-state index contributed by atoms with van der Waals surface area (Å²) < 4.78 is 3.28. The predicted octanol–water partition coefficient (Wildman–Crippen LogP) is 0.130. The molecular formula is C17H22N6O3S. The number of thioether (sulfide) groups is 1. The largest absolute Gasteiger partial charge is 0.481 e. The van der Waals surface area contributed by atoms with E-state index in [-0.39, 0.29) is 12.0 Å². The molecule has 0 aliphatic carbocycles. The van der Waals surface area contributed by atoms with Gasteiger partial charge in [0.05, 0.1) is 13.0 Å². The molecule has 0 atom stereocenters. The number of carbonyl (C=O) groups is 1. The van der Waals surface area contributed by atoms with Gasteiger partial charge in [-0.1, -0.05) is 17.7 Å². The van der Waals surface area contributed by atoms with Crippen LogP contribution in [-0.4, -0.2) is 62.1 Å². The molecule has 0 unspecified atom stereocenters. The Balaban J connectivity index is 2.07. The standard InChI is InChI=1S/C17H22N6O3S/c1-3-4-8-23-13-14(19-16(23)22-9-6-18-7-10-22)20-17(21(2)15(13)26)27-11-5-12(24)25/h18H,5-11H2,1-2H3,(H,24,25). The summed E-state index contributed by atoms with van der Waals surface area (Å²) in [4.78, 5) is 35.0. The number of carboxylic acid groups (broad SMARTS) is 1. The number of hydrogen-bond acceptors (Lipinski definition) is 7. The van der Waals surface area contributed by atoms with Crippen LogP contribution in [-0.2, 0) is 18.4 Å². The summed E-state index contributed by atoms with van der Waals surface area (Å²) in [5.74, 6) is 6.04. The molecule has 0 bridgehead atoms. The molecule has 3 heterocycles. The summed E-state index contributed by atoms with van der Waals surface area (Å²) in [7, 11) is 1.64. The first-order valence-corrected chi connectivity index (χ1v) is 9.68. The SMILES string of the molecule is CC#CCn1c(N2CCNCC2)nc2nc(SCCC(=O)O)n(C)c(=O)c21. The van der Waals surface area contributed by atoms with E-state index in [2.05, 4.69) is 32.0 Å². The normalized spacial score (nSPS) is 14.2.